The van der Waals surface area contributed by atoms with Gasteiger partial charge in [0.25, 0.3) is 0 Å². The fourth-order valence-electron chi connectivity index (χ4n) is 2.83. The maximum absolute atomic E-state index is 9.48. The quantitative estimate of drug-likeness (QED) is 0.549. The molecule has 2 heterocycles. The summed E-state index contributed by atoms with van der Waals surface area (Å²) in [5.74, 6) is 0.546. The summed E-state index contributed by atoms with van der Waals surface area (Å²) in [6.07, 6.45) is 4.40. The van der Waals surface area contributed by atoms with Crippen molar-refractivity contribution >= 4 is 28.7 Å². The normalized spacial score (nSPS) is 25.9. The van der Waals surface area contributed by atoms with Gasteiger partial charge in [-0.05, 0) is 18.6 Å². The van der Waals surface area contributed by atoms with Gasteiger partial charge in [-0.15, -0.1) is 0 Å². The Balaban J connectivity index is 2.02. The molecule has 8 heteroatoms. The molecule has 0 amide bonds. The zero-order valence-corrected chi connectivity index (χ0v) is 11.9. The molecule has 1 unspecified atom stereocenters. The van der Waals surface area contributed by atoms with Gasteiger partial charge in [0.05, 0.1) is 6.33 Å². The lowest BCUT2D eigenvalue weighted by atomic mass is 9.70. The minimum Gasteiger partial charge on any atom is -0.396 e. The Bertz CT molecular complexity index is 632. The number of anilines is 1. The maximum Gasteiger partial charge on any atom is 0.191 e. The highest BCUT2D eigenvalue weighted by Gasteiger charge is 2.42. The average molecular weight is 295 g/mol. The van der Waals surface area contributed by atoms with Crippen molar-refractivity contribution in [2.45, 2.75) is 17.6 Å². The molecule has 3 rings (SSSR count). The van der Waals surface area contributed by atoms with Crippen molar-refractivity contribution in [3.63, 3.8) is 0 Å². The molecule has 1 aliphatic rings. The predicted molar refractivity (Wildman–Crippen MR) is 76.3 cm³/mol. The van der Waals surface area contributed by atoms with E-state index in [-0.39, 0.29) is 31.1 Å². The first-order valence-electron chi connectivity index (χ1n) is 6.45. The Kier molecular flexibility index (Phi) is 3.53. The topological polar surface area (TPSA) is 110 Å². The molecule has 0 bridgehead atoms. The molecule has 1 fully saturated rings. The van der Waals surface area contributed by atoms with Crippen molar-refractivity contribution < 1.29 is 10.2 Å². The second-order valence-corrected chi connectivity index (χ2v) is 5.79. The van der Waals surface area contributed by atoms with Gasteiger partial charge >= 0.3 is 0 Å². The molecule has 1 saturated carbocycles. The fraction of sp³-hybridized carbons (Fsp3) is 0.583. The lowest BCUT2D eigenvalue weighted by Crippen LogP contribution is -2.42. The Labute approximate surface area is 120 Å². The van der Waals surface area contributed by atoms with E-state index in [1.54, 1.807) is 6.33 Å². The third-order valence-corrected chi connectivity index (χ3v) is 4.60. The number of nitrogen functional groups attached to an aromatic ring is 1. The number of thioether (sulfide) groups is 1. The summed E-state index contributed by atoms with van der Waals surface area (Å²) in [5, 5.41) is 19.3. The minimum absolute atomic E-state index is 0.0336. The van der Waals surface area contributed by atoms with Crippen LogP contribution in [-0.4, -0.2) is 49.2 Å². The summed E-state index contributed by atoms with van der Waals surface area (Å²) >= 11 is 1.43. The Morgan fingerprint density at radius 2 is 2.20 bits per heavy atom. The van der Waals surface area contributed by atoms with Crippen molar-refractivity contribution in [2.24, 2.45) is 11.8 Å². The molecule has 1 aliphatic carbocycles. The largest absolute Gasteiger partial charge is 0.396 e. The van der Waals surface area contributed by atoms with Crippen LogP contribution in [0, 0.1) is 11.8 Å². The highest BCUT2D eigenvalue weighted by atomic mass is 32.2. The Hall–Kier alpha value is -1.38. The van der Waals surface area contributed by atoms with Crippen LogP contribution >= 0.6 is 11.8 Å². The highest BCUT2D eigenvalue weighted by Crippen LogP contribution is 2.44. The lowest BCUT2D eigenvalue weighted by molar-refractivity contribution is -0.00531. The van der Waals surface area contributed by atoms with Gasteiger partial charge in [-0.2, -0.15) is 0 Å². The molecule has 108 valence electrons. The first kappa shape index (κ1) is 13.6. The van der Waals surface area contributed by atoms with Gasteiger partial charge in [0.15, 0.2) is 16.6 Å². The molecule has 4 N–H and O–H groups in total. The summed E-state index contributed by atoms with van der Waals surface area (Å²) < 4.78 is 1.94. The van der Waals surface area contributed by atoms with E-state index in [1.165, 1.54) is 11.8 Å². The molecule has 0 saturated heterocycles. The van der Waals surface area contributed by atoms with Crippen LogP contribution in [0.25, 0.3) is 11.2 Å². The lowest BCUT2D eigenvalue weighted by Gasteiger charge is -2.43. The van der Waals surface area contributed by atoms with Crippen LogP contribution in [0.1, 0.15) is 12.5 Å². The summed E-state index contributed by atoms with van der Waals surface area (Å²) in [4.78, 5) is 12.9. The number of hydrogen-bond acceptors (Lipinski definition) is 7. The van der Waals surface area contributed by atoms with Gasteiger partial charge in [0.1, 0.15) is 5.52 Å². The SMILES string of the molecule is CSc1nc(N)c2ncn(C3C[C@H](CO)[C@H]3CO)c2n1. The Morgan fingerprint density at radius 3 is 2.85 bits per heavy atom. The highest BCUT2D eigenvalue weighted by molar-refractivity contribution is 7.98. The smallest absolute Gasteiger partial charge is 0.191 e. The van der Waals surface area contributed by atoms with Gasteiger partial charge in [-0.1, -0.05) is 11.8 Å². The van der Waals surface area contributed by atoms with Crippen molar-refractivity contribution in [3.8, 4) is 0 Å². The summed E-state index contributed by atoms with van der Waals surface area (Å²) in [6.45, 7) is 0.146. The van der Waals surface area contributed by atoms with E-state index in [0.717, 1.165) is 6.42 Å². The number of fused-ring (bicyclic) bond motifs is 1. The van der Waals surface area contributed by atoms with Crippen molar-refractivity contribution in [2.75, 3.05) is 25.2 Å². The molecule has 7 nitrogen and oxygen atoms in total. The van der Waals surface area contributed by atoms with Crippen LogP contribution in [0.2, 0.25) is 0 Å². The first-order chi connectivity index (χ1) is 9.69. The van der Waals surface area contributed by atoms with E-state index >= 15 is 0 Å². The summed E-state index contributed by atoms with van der Waals surface area (Å²) in [5.41, 5.74) is 7.18. The molecule has 0 aliphatic heterocycles. The van der Waals surface area contributed by atoms with Crippen molar-refractivity contribution in [3.05, 3.63) is 6.33 Å². The minimum atomic E-state index is 0.0336. The molecule has 0 spiro atoms. The van der Waals surface area contributed by atoms with E-state index in [9.17, 15) is 10.2 Å². The van der Waals surface area contributed by atoms with E-state index in [2.05, 4.69) is 15.0 Å². The van der Waals surface area contributed by atoms with Crippen LogP contribution in [0.15, 0.2) is 11.5 Å². The average Bonchev–Trinajstić information content (AvgIpc) is 2.83. The van der Waals surface area contributed by atoms with Crippen LogP contribution in [0.5, 0.6) is 0 Å². The first-order valence-corrected chi connectivity index (χ1v) is 7.67. The number of hydrogen-bond donors (Lipinski definition) is 3. The molecule has 0 radical (unpaired) electrons. The number of nitrogens with zero attached hydrogens (tertiary/aromatic N) is 4. The van der Waals surface area contributed by atoms with Gasteiger partial charge < -0.3 is 20.5 Å². The zero-order chi connectivity index (χ0) is 14.3. The second kappa shape index (κ2) is 5.19. The van der Waals surface area contributed by atoms with Crippen molar-refractivity contribution in [1.82, 2.24) is 19.5 Å². The van der Waals surface area contributed by atoms with Crippen LogP contribution in [0.3, 0.4) is 0 Å². The van der Waals surface area contributed by atoms with Crippen molar-refractivity contribution in [1.29, 1.82) is 0 Å². The molecular formula is C12H17N5O2S. The molecule has 2 aromatic rings. The fourth-order valence-corrected chi connectivity index (χ4v) is 3.20. The number of nitrogens with two attached hydrogens (primary N) is 1. The number of aromatic nitrogens is 4. The van der Waals surface area contributed by atoms with E-state index in [4.69, 9.17) is 5.73 Å². The number of rotatable bonds is 4. The summed E-state index contributed by atoms with van der Waals surface area (Å²) in [6, 6.07) is 0.103. The van der Waals surface area contributed by atoms with Crippen LogP contribution < -0.4 is 5.73 Å². The number of aliphatic hydroxyl groups excluding tert-OH is 2. The van der Waals surface area contributed by atoms with Gasteiger partial charge in [-0.25, -0.2) is 15.0 Å². The maximum atomic E-state index is 9.48. The number of imidazole rings is 1. The molecule has 20 heavy (non-hydrogen) atoms. The van der Waals surface area contributed by atoms with E-state index in [0.29, 0.717) is 22.1 Å². The third kappa shape index (κ3) is 1.95. The van der Waals surface area contributed by atoms with Gasteiger partial charge in [-0.3, -0.25) is 0 Å². The van der Waals surface area contributed by atoms with Gasteiger partial charge in [0.2, 0.25) is 0 Å². The molecular weight excluding hydrogens is 278 g/mol. The van der Waals surface area contributed by atoms with Gasteiger partial charge in [0, 0.05) is 25.2 Å². The monoisotopic (exact) mass is 295 g/mol. The van der Waals surface area contributed by atoms with Crippen LogP contribution in [-0.2, 0) is 0 Å². The van der Waals surface area contributed by atoms with E-state index < -0.39 is 0 Å². The van der Waals surface area contributed by atoms with Crippen LogP contribution in [0.4, 0.5) is 5.82 Å². The molecule has 0 aromatic carbocycles. The molecule has 3 atom stereocenters. The summed E-state index contributed by atoms with van der Waals surface area (Å²) in [7, 11) is 0. The predicted octanol–water partition coefficient (Wildman–Crippen LogP) is 0.292. The molecule has 2 aromatic heterocycles. The zero-order valence-electron chi connectivity index (χ0n) is 11.1. The Morgan fingerprint density at radius 1 is 1.40 bits per heavy atom. The standard InChI is InChI=1S/C12H17N5O2S/c1-20-12-15-10(13)9-11(16-12)17(5-14-9)8-2-6(3-18)7(8)4-19/h5-8,18-19H,2-4H2,1H3,(H2,13,15,16)/t6-,7-,8?/m1/s1. The third-order valence-electron chi connectivity index (χ3n) is 4.06. The number of aliphatic hydroxyl groups is 2. The second-order valence-electron chi connectivity index (χ2n) is 5.01. The van der Waals surface area contributed by atoms with E-state index in [1.807, 2.05) is 10.8 Å².